The van der Waals surface area contributed by atoms with Gasteiger partial charge in [-0.1, -0.05) is 18.2 Å². The SMILES string of the molecule is COc1ccc(-c2nn(-c3ccccc3)cc2C(=O)Nc2cc(OC)c(OC)cc2F)cc1. The molecule has 0 atom stereocenters. The van der Waals surface area contributed by atoms with Gasteiger partial charge in [-0.15, -0.1) is 0 Å². The van der Waals surface area contributed by atoms with E-state index in [4.69, 9.17) is 14.2 Å². The third kappa shape index (κ3) is 4.50. The predicted octanol–water partition coefficient (Wildman–Crippen LogP) is 4.96. The van der Waals surface area contributed by atoms with Gasteiger partial charge in [0.1, 0.15) is 11.4 Å². The fourth-order valence-electron chi connectivity index (χ4n) is 3.35. The zero-order valence-electron chi connectivity index (χ0n) is 18.3. The largest absolute Gasteiger partial charge is 0.497 e. The summed E-state index contributed by atoms with van der Waals surface area (Å²) >= 11 is 0. The Labute approximate surface area is 190 Å². The fraction of sp³-hybridized carbons (Fsp3) is 0.120. The lowest BCUT2D eigenvalue weighted by atomic mass is 10.1. The normalized spacial score (nSPS) is 10.5. The number of anilines is 1. The minimum Gasteiger partial charge on any atom is -0.497 e. The van der Waals surface area contributed by atoms with Crippen molar-refractivity contribution in [3.63, 3.8) is 0 Å². The molecule has 168 valence electrons. The highest BCUT2D eigenvalue weighted by Gasteiger charge is 2.21. The van der Waals surface area contributed by atoms with Gasteiger partial charge in [-0.3, -0.25) is 4.79 Å². The summed E-state index contributed by atoms with van der Waals surface area (Å²) in [5.74, 6) is 0.0320. The number of halogens is 1. The Hall–Kier alpha value is -4.33. The molecule has 1 amide bonds. The van der Waals surface area contributed by atoms with Gasteiger partial charge in [-0.25, -0.2) is 9.07 Å². The number of ether oxygens (including phenoxy) is 3. The summed E-state index contributed by atoms with van der Waals surface area (Å²) in [4.78, 5) is 13.3. The Kier molecular flexibility index (Phi) is 6.26. The van der Waals surface area contributed by atoms with Crippen LogP contribution in [-0.4, -0.2) is 37.0 Å². The quantitative estimate of drug-likeness (QED) is 0.434. The van der Waals surface area contributed by atoms with Crippen LogP contribution in [0.3, 0.4) is 0 Å². The maximum absolute atomic E-state index is 14.6. The van der Waals surface area contributed by atoms with E-state index in [1.165, 1.54) is 20.3 Å². The van der Waals surface area contributed by atoms with Crippen molar-refractivity contribution in [3.8, 4) is 34.2 Å². The number of methoxy groups -OCH3 is 3. The van der Waals surface area contributed by atoms with Crippen LogP contribution < -0.4 is 19.5 Å². The molecule has 1 N–H and O–H groups in total. The molecule has 0 aliphatic carbocycles. The average molecular weight is 447 g/mol. The number of amides is 1. The van der Waals surface area contributed by atoms with Crippen LogP contribution in [0.4, 0.5) is 10.1 Å². The number of carbonyl (C=O) groups is 1. The van der Waals surface area contributed by atoms with Crippen LogP contribution in [0.1, 0.15) is 10.4 Å². The second kappa shape index (κ2) is 9.44. The van der Waals surface area contributed by atoms with Gasteiger partial charge < -0.3 is 19.5 Å². The summed E-state index contributed by atoms with van der Waals surface area (Å²) in [6.07, 6.45) is 1.61. The lowest BCUT2D eigenvalue weighted by Gasteiger charge is -2.12. The topological polar surface area (TPSA) is 74.6 Å². The van der Waals surface area contributed by atoms with Crippen molar-refractivity contribution in [1.29, 1.82) is 0 Å². The van der Waals surface area contributed by atoms with E-state index in [9.17, 15) is 9.18 Å². The number of hydrogen-bond donors (Lipinski definition) is 1. The van der Waals surface area contributed by atoms with E-state index in [1.54, 1.807) is 30.1 Å². The molecule has 0 fully saturated rings. The Balaban J connectivity index is 1.75. The predicted molar refractivity (Wildman–Crippen MR) is 123 cm³/mol. The third-order valence-corrected chi connectivity index (χ3v) is 5.06. The van der Waals surface area contributed by atoms with Gasteiger partial charge >= 0.3 is 0 Å². The van der Waals surface area contributed by atoms with Crippen molar-refractivity contribution in [1.82, 2.24) is 9.78 Å². The fourth-order valence-corrected chi connectivity index (χ4v) is 3.35. The molecule has 0 unspecified atom stereocenters. The highest BCUT2D eigenvalue weighted by molar-refractivity contribution is 6.08. The Morgan fingerprint density at radius 1 is 0.909 bits per heavy atom. The molecule has 1 aromatic heterocycles. The maximum atomic E-state index is 14.6. The van der Waals surface area contributed by atoms with Gasteiger partial charge in [0.2, 0.25) is 0 Å². The van der Waals surface area contributed by atoms with Crippen molar-refractivity contribution in [2.75, 3.05) is 26.6 Å². The summed E-state index contributed by atoms with van der Waals surface area (Å²) in [6, 6.07) is 19.1. The number of hydrogen-bond acceptors (Lipinski definition) is 5. The number of benzene rings is 3. The number of nitrogens with one attached hydrogen (secondary N) is 1. The molecule has 8 heteroatoms. The van der Waals surface area contributed by atoms with E-state index in [0.29, 0.717) is 22.8 Å². The van der Waals surface area contributed by atoms with E-state index in [0.717, 1.165) is 11.8 Å². The van der Waals surface area contributed by atoms with Gasteiger partial charge in [0.25, 0.3) is 5.91 Å². The minimum atomic E-state index is -0.651. The van der Waals surface area contributed by atoms with Crippen LogP contribution in [0.5, 0.6) is 17.2 Å². The molecule has 0 saturated carbocycles. The minimum absolute atomic E-state index is 0.0363. The second-order valence-electron chi connectivity index (χ2n) is 7.04. The first-order valence-corrected chi connectivity index (χ1v) is 10.1. The van der Waals surface area contributed by atoms with Crippen LogP contribution >= 0.6 is 0 Å². The van der Waals surface area contributed by atoms with E-state index < -0.39 is 11.7 Å². The summed E-state index contributed by atoms with van der Waals surface area (Å²) in [5, 5.41) is 7.25. The van der Waals surface area contributed by atoms with Crippen LogP contribution in [0.15, 0.2) is 72.9 Å². The highest BCUT2D eigenvalue weighted by Crippen LogP contribution is 2.33. The van der Waals surface area contributed by atoms with Crippen LogP contribution in [-0.2, 0) is 0 Å². The van der Waals surface area contributed by atoms with Gasteiger partial charge in [0.05, 0.1) is 38.3 Å². The molecule has 0 bridgehead atoms. The van der Waals surface area contributed by atoms with Gasteiger partial charge in [0.15, 0.2) is 17.3 Å². The Morgan fingerprint density at radius 2 is 1.58 bits per heavy atom. The number of nitrogens with zero attached hydrogens (tertiary/aromatic N) is 2. The standard InChI is InChI=1S/C25H22FN3O4/c1-31-18-11-9-16(10-12-18)24-19(15-29(28-24)17-7-5-4-6-8-17)25(30)27-21-14-23(33-3)22(32-2)13-20(21)26/h4-15H,1-3H3,(H,27,30). The summed E-state index contributed by atoms with van der Waals surface area (Å²) in [7, 11) is 4.43. The van der Waals surface area contributed by atoms with E-state index in [1.807, 2.05) is 42.5 Å². The third-order valence-electron chi connectivity index (χ3n) is 5.06. The summed E-state index contributed by atoms with van der Waals surface area (Å²) in [6.45, 7) is 0. The summed E-state index contributed by atoms with van der Waals surface area (Å²) < 4.78 is 31.8. The monoisotopic (exact) mass is 447 g/mol. The van der Waals surface area contributed by atoms with Crippen molar-refractivity contribution in [2.24, 2.45) is 0 Å². The summed E-state index contributed by atoms with van der Waals surface area (Å²) in [5.41, 5.74) is 2.18. The lowest BCUT2D eigenvalue weighted by molar-refractivity contribution is 0.102. The smallest absolute Gasteiger partial charge is 0.259 e. The first-order valence-electron chi connectivity index (χ1n) is 10.1. The van der Waals surface area contributed by atoms with Crippen molar-refractivity contribution in [3.05, 3.63) is 84.3 Å². The molecule has 0 aliphatic rings. The van der Waals surface area contributed by atoms with Gasteiger partial charge in [-0.05, 0) is 36.4 Å². The molecule has 0 radical (unpaired) electrons. The molecule has 4 aromatic rings. The van der Waals surface area contributed by atoms with Gasteiger partial charge in [-0.2, -0.15) is 5.10 Å². The molecule has 33 heavy (non-hydrogen) atoms. The molecular weight excluding hydrogens is 425 g/mol. The van der Waals surface area contributed by atoms with Crippen LogP contribution in [0, 0.1) is 5.82 Å². The molecule has 1 heterocycles. The van der Waals surface area contributed by atoms with Gasteiger partial charge in [0, 0.05) is 23.9 Å². The molecule has 0 spiro atoms. The molecule has 0 saturated heterocycles. The lowest BCUT2D eigenvalue weighted by Crippen LogP contribution is -2.13. The molecule has 3 aromatic carbocycles. The van der Waals surface area contributed by atoms with Crippen molar-refractivity contribution in [2.45, 2.75) is 0 Å². The van der Waals surface area contributed by atoms with Crippen LogP contribution in [0.2, 0.25) is 0 Å². The number of rotatable bonds is 7. The second-order valence-corrected chi connectivity index (χ2v) is 7.04. The first kappa shape index (κ1) is 21.9. The maximum Gasteiger partial charge on any atom is 0.259 e. The number of carbonyl (C=O) groups excluding carboxylic acids is 1. The Morgan fingerprint density at radius 3 is 2.21 bits per heavy atom. The molecule has 7 nitrogen and oxygen atoms in total. The van der Waals surface area contributed by atoms with E-state index in [2.05, 4.69) is 10.4 Å². The van der Waals surface area contributed by atoms with Crippen molar-refractivity contribution < 1.29 is 23.4 Å². The van der Waals surface area contributed by atoms with Crippen LogP contribution in [0.25, 0.3) is 16.9 Å². The molecular formula is C25H22FN3O4. The van der Waals surface area contributed by atoms with E-state index in [-0.39, 0.29) is 17.0 Å². The zero-order chi connectivity index (χ0) is 23.4. The number of para-hydroxylation sites is 1. The molecule has 4 rings (SSSR count). The number of aromatic nitrogens is 2. The van der Waals surface area contributed by atoms with E-state index >= 15 is 0 Å². The Bertz CT molecular complexity index is 1270. The first-order chi connectivity index (χ1) is 16.0. The van der Waals surface area contributed by atoms with Crippen molar-refractivity contribution >= 4 is 11.6 Å². The molecule has 0 aliphatic heterocycles. The zero-order valence-corrected chi connectivity index (χ0v) is 18.3. The average Bonchev–Trinajstić information content (AvgIpc) is 3.31. The highest BCUT2D eigenvalue weighted by atomic mass is 19.1.